The highest BCUT2D eigenvalue weighted by Gasteiger charge is 2.44. The lowest BCUT2D eigenvalue weighted by atomic mass is 9.69. The van der Waals surface area contributed by atoms with Gasteiger partial charge >= 0.3 is 5.97 Å². The first-order valence-corrected chi connectivity index (χ1v) is 8.66. The molecule has 1 unspecified atom stereocenters. The van der Waals surface area contributed by atoms with E-state index >= 15 is 0 Å². The molecule has 2 heterocycles. The second-order valence-electron chi connectivity index (χ2n) is 6.64. The van der Waals surface area contributed by atoms with E-state index < -0.39 is 11.9 Å². The Labute approximate surface area is 143 Å². The molecule has 2 aliphatic rings. The van der Waals surface area contributed by atoms with E-state index in [9.17, 15) is 14.7 Å². The summed E-state index contributed by atoms with van der Waals surface area (Å²) in [5.74, 6) is -1.53. The molecule has 1 aliphatic heterocycles. The van der Waals surface area contributed by atoms with Crippen molar-refractivity contribution >= 4 is 34.7 Å². The van der Waals surface area contributed by atoms with Gasteiger partial charge in [-0.25, -0.2) is 4.79 Å². The third-order valence-electron chi connectivity index (χ3n) is 4.63. The average molecular weight is 352 g/mol. The van der Waals surface area contributed by atoms with Crippen molar-refractivity contribution in [3.8, 4) is 0 Å². The third kappa shape index (κ3) is 2.62. The Balaban J connectivity index is 2.26. The predicted molar refractivity (Wildman–Crippen MR) is 90.6 cm³/mol. The first-order chi connectivity index (χ1) is 10.7. The zero-order chi connectivity index (χ0) is 16.9. The molecular weight excluding hydrogens is 334 g/mol. The van der Waals surface area contributed by atoms with E-state index in [1.54, 1.807) is 13.0 Å². The molecule has 4 nitrogen and oxygen atoms in total. The van der Waals surface area contributed by atoms with Crippen LogP contribution in [0.2, 0.25) is 4.34 Å². The number of ketones is 1. The van der Waals surface area contributed by atoms with Crippen LogP contribution in [0.4, 0.5) is 0 Å². The zero-order valence-corrected chi connectivity index (χ0v) is 14.8. The lowest BCUT2D eigenvalue weighted by Gasteiger charge is -2.41. The number of halogens is 1. The molecule has 0 amide bonds. The second-order valence-corrected chi connectivity index (χ2v) is 8.39. The molecule has 23 heavy (non-hydrogen) atoms. The highest BCUT2D eigenvalue weighted by molar-refractivity contribution is 7.16. The predicted octanol–water partition coefficient (Wildman–Crippen LogP) is 4.09. The Morgan fingerprint density at radius 1 is 1.43 bits per heavy atom. The topological polar surface area (TPSA) is 66.4 Å². The maximum atomic E-state index is 12.6. The number of rotatable bonds is 2. The summed E-state index contributed by atoms with van der Waals surface area (Å²) in [5.41, 5.74) is 2.07. The monoisotopic (exact) mass is 351 g/mol. The quantitative estimate of drug-likeness (QED) is 0.842. The largest absolute Gasteiger partial charge is 0.478 e. The van der Waals surface area contributed by atoms with Gasteiger partial charge in [0, 0.05) is 33.7 Å². The molecule has 1 atom stereocenters. The minimum atomic E-state index is -1.01. The summed E-state index contributed by atoms with van der Waals surface area (Å²) < 4.78 is 0.589. The van der Waals surface area contributed by atoms with Crippen LogP contribution in [0.15, 0.2) is 34.7 Å². The molecule has 0 spiro atoms. The number of thiophene rings is 1. The normalized spacial score (nSPS) is 23.7. The molecule has 6 heteroatoms. The van der Waals surface area contributed by atoms with Crippen LogP contribution >= 0.6 is 22.9 Å². The molecule has 0 saturated carbocycles. The third-order valence-corrected chi connectivity index (χ3v) is 5.92. The van der Waals surface area contributed by atoms with E-state index in [0.29, 0.717) is 22.0 Å². The number of Topliss-reactive ketones (excluding diaryl/α,β-unsaturated/α-hetero) is 1. The number of carbonyl (C=O) groups excluding carboxylic acids is 1. The van der Waals surface area contributed by atoms with Crippen LogP contribution in [0.3, 0.4) is 0 Å². The average Bonchev–Trinajstić information content (AvgIpc) is 2.88. The standard InChI is InChI=1S/C17H18ClNO3S/c1-8-12(16(21)22)14(10-4-5-11(18)23-10)13-9(20)6-7-17(2,3)15(13)19-8/h4-5,14,19H,6-7H2,1-3H3,(H,21,22). The number of hydrogen-bond acceptors (Lipinski definition) is 4. The van der Waals surface area contributed by atoms with Gasteiger partial charge < -0.3 is 10.4 Å². The molecule has 0 aromatic carbocycles. The molecule has 1 aliphatic carbocycles. The molecular formula is C17H18ClNO3S. The number of carboxylic acid groups (broad SMARTS) is 1. The van der Waals surface area contributed by atoms with Crippen molar-refractivity contribution in [2.45, 2.75) is 39.5 Å². The Bertz CT molecular complexity index is 773. The van der Waals surface area contributed by atoms with Crippen LogP contribution < -0.4 is 5.32 Å². The number of hydrogen-bond donors (Lipinski definition) is 2. The number of carbonyl (C=O) groups is 2. The van der Waals surface area contributed by atoms with Crippen molar-refractivity contribution in [1.82, 2.24) is 5.32 Å². The molecule has 0 fully saturated rings. The van der Waals surface area contributed by atoms with E-state index in [1.807, 2.05) is 6.07 Å². The molecule has 3 rings (SSSR count). The van der Waals surface area contributed by atoms with Crippen molar-refractivity contribution in [3.05, 3.63) is 43.9 Å². The van der Waals surface area contributed by atoms with E-state index in [1.165, 1.54) is 11.3 Å². The number of dihydropyridines is 1. The smallest absolute Gasteiger partial charge is 0.334 e. The number of aliphatic carboxylic acids is 1. The summed E-state index contributed by atoms with van der Waals surface area (Å²) in [6.45, 7) is 5.92. The molecule has 1 aromatic rings. The van der Waals surface area contributed by atoms with Gasteiger partial charge in [-0.3, -0.25) is 4.79 Å². The summed E-state index contributed by atoms with van der Waals surface area (Å²) in [6.07, 6.45) is 1.19. The Hall–Kier alpha value is -1.59. The van der Waals surface area contributed by atoms with Crippen LogP contribution in [0.1, 0.15) is 44.4 Å². The highest BCUT2D eigenvalue weighted by atomic mass is 35.5. The minimum absolute atomic E-state index is 0.0209. The maximum Gasteiger partial charge on any atom is 0.334 e. The van der Waals surface area contributed by atoms with Gasteiger partial charge in [0.2, 0.25) is 0 Å². The fourth-order valence-electron chi connectivity index (χ4n) is 3.40. The van der Waals surface area contributed by atoms with Gasteiger partial charge in [-0.2, -0.15) is 0 Å². The highest BCUT2D eigenvalue weighted by Crippen LogP contribution is 2.49. The Morgan fingerprint density at radius 2 is 2.13 bits per heavy atom. The van der Waals surface area contributed by atoms with Gasteiger partial charge in [-0.15, -0.1) is 11.3 Å². The Kier molecular flexibility index (Phi) is 3.89. The number of carboxylic acids is 1. The van der Waals surface area contributed by atoms with Crippen molar-refractivity contribution in [2.75, 3.05) is 0 Å². The van der Waals surface area contributed by atoms with Crippen molar-refractivity contribution < 1.29 is 14.7 Å². The fraction of sp³-hybridized carbons (Fsp3) is 0.412. The van der Waals surface area contributed by atoms with E-state index in [2.05, 4.69) is 19.2 Å². The van der Waals surface area contributed by atoms with Crippen LogP contribution in [0.5, 0.6) is 0 Å². The maximum absolute atomic E-state index is 12.6. The summed E-state index contributed by atoms with van der Waals surface area (Å²) in [4.78, 5) is 25.3. The number of allylic oxidation sites excluding steroid dienone is 3. The van der Waals surface area contributed by atoms with Gasteiger partial charge in [0.15, 0.2) is 5.78 Å². The lowest BCUT2D eigenvalue weighted by Crippen LogP contribution is -2.40. The van der Waals surface area contributed by atoms with Gasteiger partial charge in [0.05, 0.1) is 15.8 Å². The van der Waals surface area contributed by atoms with Gasteiger partial charge in [0.25, 0.3) is 0 Å². The van der Waals surface area contributed by atoms with E-state index in [-0.39, 0.29) is 16.8 Å². The summed E-state index contributed by atoms with van der Waals surface area (Å²) in [7, 11) is 0. The molecule has 0 bridgehead atoms. The van der Waals surface area contributed by atoms with Gasteiger partial charge in [-0.1, -0.05) is 25.4 Å². The minimum Gasteiger partial charge on any atom is -0.478 e. The van der Waals surface area contributed by atoms with E-state index in [4.69, 9.17) is 11.6 Å². The van der Waals surface area contributed by atoms with Crippen molar-refractivity contribution in [1.29, 1.82) is 0 Å². The fourth-order valence-corrected chi connectivity index (χ4v) is 4.58. The van der Waals surface area contributed by atoms with Crippen LogP contribution in [-0.4, -0.2) is 16.9 Å². The SMILES string of the molecule is CC1=C(C(=O)O)C(c2ccc(Cl)s2)C2=C(N1)C(C)(C)CCC2=O. The molecule has 2 N–H and O–H groups in total. The molecule has 0 radical (unpaired) electrons. The number of nitrogens with one attached hydrogen (secondary N) is 1. The zero-order valence-electron chi connectivity index (χ0n) is 13.2. The summed E-state index contributed by atoms with van der Waals surface area (Å²) in [6, 6.07) is 3.57. The summed E-state index contributed by atoms with van der Waals surface area (Å²) >= 11 is 7.38. The van der Waals surface area contributed by atoms with Crippen LogP contribution in [0, 0.1) is 5.41 Å². The van der Waals surface area contributed by atoms with Crippen LogP contribution in [-0.2, 0) is 9.59 Å². The second kappa shape index (κ2) is 5.49. The molecule has 122 valence electrons. The van der Waals surface area contributed by atoms with Gasteiger partial charge in [-0.05, 0) is 25.5 Å². The Morgan fingerprint density at radius 3 is 2.70 bits per heavy atom. The van der Waals surface area contributed by atoms with Crippen molar-refractivity contribution in [3.63, 3.8) is 0 Å². The van der Waals surface area contributed by atoms with Gasteiger partial charge in [0.1, 0.15) is 0 Å². The first-order valence-electron chi connectivity index (χ1n) is 7.46. The molecule has 0 saturated heterocycles. The van der Waals surface area contributed by atoms with Crippen molar-refractivity contribution in [2.24, 2.45) is 5.41 Å². The summed E-state index contributed by atoms with van der Waals surface area (Å²) in [5, 5.41) is 12.9. The first kappa shape index (κ1) is 16.3. The van der Waals surface area contributed by atoms with Crippen LogP contribution in [0.25, 0.3) is 0 Å². The molecule has 1 aromatic heterocycles. The van der Waals surface area contributed by atoms with E-state index in [0.717, 1.165) is 17.0 Å². The lowest BCUT2D eigenvalue weighted by molar-refractivity contribution is -0.133.